The number of carbonyl (C=O) groups excluding carboxylic acids is 1. The van der Waals surface area contributed by atoms with Gasteiger partial charge in [0.1, 0.15) is 17.0 Å². The Balaban J connectivity index is 2.19. The third-order valence-corrected chi connectivity index (χ3v) is 5.21. The lowest BCUT2D eigenvalue weighted by Crippen LogP contribution is -2.14. The Bertz CT molecular complexity index is 991. The van der Waals surface area contributed by atoms with Crippen molar-refractivity contribution < 1.29 is 14.3 Å². The van der Waals surface area contributed by atoms with Crippen LogP contribution in [0.2, 0.25) is 5.02 Å². The van der Waals surface area contributed by atoms with E-state index < -0.39 is 0 Å². The van der Waals surface area contributed by atoms with Crippen LogP contribution in [0.3, 0.4) is 0 Å². The predicted molar refractivity (Wildman–Crippen MR) is 95.2 cm³/mol. The summed E-state index contributed by atoms with van der Waals surface area (Å²) in [4.78, 5) is 17.3. The van der Waals surface area contributed by atoms with E-state index >= 15 is 0 Å². The van der Waals surface area contributed by atoms with Gasteiger partial charge >= 0.3 is 0 Å². The molecule has 0 aliphatic rings. The van der Waals surface area contributed by atoms with Crippen molar-refractivity contribution in [2.45, 2.75) is 0 Å². The summed E-state index contributed by atoms with van der Waals surface area (Å²) in [6.07, 6.45) is 0. The second-order valence-corrected chi connectivity index (χ2v) is 6.37. The first-order valence-electron chi connectivity index (χ1n) is 7.11. The number of hydrogen-bond acceptors (Lipinski definition) is 4. The van der Waals surface area contributed by atoms with E-state index in [1.54, 1.807) is 48.1 Å². The van der Waals surface area contributed by atoms with E-state index in [0.717, 1.165) is 10.2 Å². The van der Waals surface area contributed by atoms with E-state index in [1.165, 1.54) is 18.4 Å². The van der Waals surface area contributed by atoms with Gasteiger partial charge in [-0.3, -0.25) is 4.79 Å². The van der Waals surface area contributed by atoms with Crippen molar-refractivity contribution in [2.24, 2.45) is 12.0 Å². The molecule has 24 heavy (non-hydrogen) atoms. The quantitative estimate of drug-likeness (QED) is 0.714. The van der Waals surface area contributed by atoms with E-state index in [-0.39, 0.29) is 5.91 Å². The summed E-state index contributed by atoms with van der Waals surface area (Å²) in [5, 5.41) is 0.595. The summed E-state index contributed by atoms with van der Waals surface area (Å²) in [7, 11) is 4.94. The van der Waals surface area contributed by atoms with Crippen LogP contribution < -0.4 is 14.3 Å². The molecule has 3 aromatic rings. The predicted octanol–water partition coefficient (Wildman–Crippen LogP) is 3.65. The van der Waals surface area contributed by atoms with E-state index in [2.05, 4.69) is 4.99 Å². The Labute approximate surface area is 147 Å². The molecule has 0 unspecified atom stereocenters. The van der Waals surface area contributed by atoms with Gasteiger partial charge in [0.05, 0.1) is 29.5 Å². The van der Waals surface area contributed by atoms with Crippen molar-refractivity contribution in [3.05, 3.63) is 51.8 Å². The van der Waals surface area contributed by atoms with Crippen molar-refractivity contribution in [3.63, 3.8) is 0 Å². The second-order valence-electron chi connectivity index (χ2n) is 4.99. The molecule has 1 amide bonds. The lowest BCUT2D eigenvalue weighted by molar-refractivity contribution is 0.0995. The van der Waals surface area contributed by atoms with E-state index in [9.17, 15) is 4.79 Å². The van der Waals surface area contributed by atoms with Crippen LogP contribution in [0.15, 0.2) is 41.4 Å². The smallest absolute Gasteiger partial charge is 0.283 e. The summed E-state index contributed by atoms with van der Waals surface area (Å²) >= 11 is 7.61. The highest BCUT2D eigenvalue weighted by Gasteiger charge is 2.15. The fourth-order valence-corrected chi connectivity index (χ4v) is 3.74. The maximum atomic E-state index is 12.5. The average molecular weight is 363 g/mol. The number of amides is 1. The zero-order valence-corrected chi connectivity index (χ0v) is 14.9. The average Bonchev–Trinajstić information content (AvgIpc) is 2.93. The van der Waals surface area contributed by atoms with E-state index in [1.807, 2.05) is 7.05 Å². The molecule has 0 N–H and O–H groups in total. The van der Waals surface area contributed by atoms with Crippen LogP contribution in [0.4, 0.5) is 0 Å². The van der Waals surface area contributed by atoms with Gasteiger partial charge in [-0.1, -0.05) is 35.1 Å². The van der Waals surface area contributed by atoms with Crippen LogP contribution in [0.1, 0.15) is 10.4 Å². The monoisotopic (exact) mass is 362 g/mol. The molecule has 0 radical (unpaired) electrons. The minimum Gasteiger partial charge on any atom is -0.496 e. The lowest BCUT2D eigenvalue weighted by atomic mass is 10.2. The van der Waals surface area contributed by atoms with Crippen LogP contribution in [-0.4, -0.2) is 24.7 Å². The number of carbonyl (C=O) groups is 1. The molecule has 0 saturated carbocycles. The Morgan fingerprint density at radius 1 is 1.12 bits per heavy atom. The lowest BCUT2D eigenvalue weighted by Gasteiger charge is -2.05. The SMILES string of the molecule is COc1ccccc1C(=O)N=c1sc2c(Cl)ccc(OC)c2n1C. The van der Waals surface area contributed by atoms with Gasteiger partial charge < -0.3 is 14.0 Å². The molecule has 0 aliphatic heterocycles. The van der Waals surface area contributed by atoms with Crippen LogP contribution in [0.5, 0.6) is 11.5 Å². The molecule has 0 aliphatic carbocycles. The summed E-state index contributed by atoms with van der Waals surface area (Å²) < 4.78 is 13.2. The summed E-state index contributed by atoms with van der Waals surface area (Å²) in [5.74, 6) is 0.801. The van der Waals surface area contributed by atoms with Gasteiger partial charge in [-0.05, 0) is 24.3 Å². The number of para-hydroxylation sites is 1. The minimum absolute atomic E-state index is 0.371. The Morgan fingerprint density at radius 2 is 1.83 bits per heavy atom. The van der Waals surface area contributed by atoms with Crippen LogP contribution in [0, 0.1) is 0 Å². The zero-order valence-electron chi connectivity index (χ0n) is 13.4. The van der Waals surface area contributed by atoms with Gasteiger partial charge in [0.2, 0.25) is 0 Å². The highest BCUT2D eigenvalue weighted by atomic mass is 35.5. The molecule has 2 aromatic carbocycles. The number of rotatable bonds is 3. The fourth-order valence-electron chi connectivity index (χ4n) is 2.43. The van der Waals surface area contributed by atoms with Crippen molar-refractivity contribution in [2.75, 3.05) is 14.2 Å². The zero-order chi connectivity index (χ0) is 17.3. The summed E-state index contributed by atoms with van der Waals surface area (Å²) in [6.45, 7) is 0. The molecule has 0 atom stereocenters. The highest BCUT2D eigenvalue weighted by Crippen LogP contribution is 2.32. The number of ether oxygens (including phenoxy) is 2. The first kappa shape index (κ1) is 16.5. The summed E-state index contributed by atoms with van der Waals surface area (Å²) in [5.41, 5.74) is 1.22. The van der Waals surface area contributed by atoms with Gasteiger partial charge in [0.15, 0.2) is 4.80 Å². The number of benzene rings is 2. The number of nitrogens with zero attached hydrogens (tertiary/aromatic N) is 2. The molecular formula is C17H15ClN2O3S. The van der Waals surface area contributed by atoms with Crippen LogP contribution in [-0.2, 0) is 7.05 Å². The molecule has 124 valence electrons. The van der Waals surface area contributed by atoms with Crippen molar-refractivity contribution in [3.8, 4) is 11.5 Å². The van der Waals surface area contributed by atoms with Gasteiger partial charge in [-0.2, -0.15) is 4.99 Å². The highest BCUT2D eigenvalue weighted by molar-refractivity contribution is 7.17. The third-order valence-electron chi connectivity index (χ3n) is 3.62. The molecule has 1 aromatic heterocycles. The second kappa shape index (κ2) is 6.67. The number of fused-ring (bicyclic) bond motifs is 1. The number of methoxy groups -OCH3 is 2. The number of thiazole rings is 1. The topological polar surface area (TPSA) is 52.8 Å². The van der Waals surface area contributed by atoms with Crippen molar-refractivity contribution in [1.82, 2.24) is 4.57 Å². The summed E-state index contributed by atoms with van der Waals surface area (Å²) in [6, 6.07) is 10.6. The number of aromatic nitrogens is 1. The molecule has 0 saturated heterocycles. The molecule has 0 fully saturated rings. The van der Waals surface area contributed by atoms with Gasteiger partial charge in [0.25, 0.3) is 5.91 Å². The Hall–Kier alpha value is -2.31. The molecular weight excluding hydrogens is 348 g/mol. The first-order valence-corrected chi connectivity index (χ1v) is 8.30. The van der Waals surface area contributed by atoms with Gasteiger partial charge in [0, 0.05) is 7.05 Å². The van der Waals surface area contributed by atoms with Gasteiger partial charge in [-0.15, -0.1) is 0 Å². The van der Waals surface area contributed by atoms with Crippen molar-refractivity contribution >= 4 is 39.1 Å². The van der Waals surface area contributed by atoms with E-state index in [4.69, 9.17) is 21.1 Å². The normalized spacial score (nSPS) is 11.8. The standard InChI is InChI=1S/C17H15ClN2O3S/c1-20-14-13(23-3)9-8-11(18)15(14)24-17(20)19-16(21)10-6-4-5-7-12(10)22-2/h4-9H,1-3H3. The maximum absolute atomic E-state index is 12.5. The largest absolute Gasteiger partial charge is 0.496 e. The molecule has 7 heteroatoms. The van der Waals surface area contributed by atoms with Gasteiger partial charge in [-0.25, -0.2) is 0 Å². The number of hydrogen-bond donors (Lipinski definition) is 0. The third kappa shape index (κ3) is 2.79. The van der Waals surface area contributed by atoms with Crippen LogP contribution >= 0.6 is 22.9 Å². The van der Waals surface area contributed by atoms with E-state index in [0.29, 0.717) is 26.9 Å². The van der Waals surface area contributed by atoms with Crippen molar-refractivity contribution in [1.29, 1.82) is 0 Å². The minimum atomic E-state index is -0.371. The Morgan fingerprint density at radius 3 is 2.54 bits per heavy atom. The molecule has 5 nitrogen and oxygen atoms in total. The molecule has 0 bridgehead atoms. The maximum Gasteiger partial charge on any atom is 0.283 e. The van der Waals surface area contributed by atoms with Crippen LogP contribution in [0.25, 0.3) is 10.2 Å². The molecule has 3 rings (SSSR count). The molecule has 0 spiro atoms. The number of aryl methyl sites for hydroxylation is 1. The number of halogens is 1. The molecule has 1 heterocycles. The fraction of sp³-hybridized carbons (Fsp3) is 0.176. The Kier molecular flexibility index (Phi) is 4.59. The first-order chi connectivity index (χ1) is 11.6.